The molecule has 2 aliphatic rings. The molecule has 0 fully saturated rings. The first-order valence-corrected chi connectivity index (χ1v) is 13.8. The van der Waals surface area contributed by atoms with E-state index in [1.165, 1.54) is 0 Å². The van der Waals surface area contributed by atoms with E-state index >= 15 is 0 Å². The van der Waals surface area contributed by atoms with Gasteiger partial charge >= 0.3 is 7.25 Å². The van der Waals surface area contributed by atoms with Crippen LogP contribution < -0.4 is 0 Å². The van der Waals surface area contributed by atoms with Crippen LogP contribution in [0, 0.1) is 0 Å². The van der Waals surface area contributed by atoms with Crippen LogP contribution in [0.15, 0.2) is 117 Å². The van der Waals surface area contributed by atoms with E-state index in [0.29, 0.717) is 13.1 Å². The fraction of sp³-hybridized carbons (Fsp3) is 0.138. The maximum Gasteiger partial charge on any atom is 0.673 e. The molecule has 0 spiro atoms. The summed E-state index contributed by atoms with van der Waals surface area (Å²) >= 11 is 7.01. The predicted molar refractivity (Wildman–Crippen MR) is 159 cm³/mol. The van der Waals surface area contributed by atoms with Crippen LogP contribution in [-0.4, -0.2) is 54.1 Å². The SMILES string of the molecule is F[B-](F)(F)F.OCC[N+](CCO)=C1C=CC(=C/C=C2\C=C(c3ccc(Br)cc3)C=C(c3ccc(Br)cc3)O2)C=C1. The van der Waals surface area contributed by atoms with E-state index < -0.39 is 7.25 Å². The number of rotatable bonds is 7. The fourth-order valence-electron chi connectivity index (χ4n) is 3.76. The third-order valence-electron chi connectivity index (χ3n) is 5.56. The number of aliphatic hydroxyl groups is 2. The highest BCUT2D eigenvalue weighted by atomic mass is 79.9. The molecule has 11 heteroatoms. The van der Waals surface area contributed by atoms with Crippen LogP contribution in [0.2, 0.25) is 0 Å². The van der Waals surface area contributed by atoms with E-state index in [0.717, 1.165) is 48.4 Å². The van der Waals surface area contributed by atoms with Gasteiger partial charge in [0.2, 0.25) is 0 Å². The number of hydrogen-bond acceptors (Lipinski definition) is 3. The molecule has 1 heterocycles. The van der Waals surface area contributed by atoms with Gasteiger partial charge in [0.25, 0.3) is 0 Å². The predicted octanol–water partition coefficient (Wildman–Crippen LogP) is 7.34. The molecule has 0 saturated heterocycles. The van der Waals surface area contributed by atoms with Gasteiger partial charge in [-0.05, 0) is 71.4 Å². The molecule has 0 aromatic heterocycles. The van der Waals surface area contributed by atoms with Gasteiger partial charge in [0.05, 0.1) is 0 Å². The maximum absolute atomic E-state index is 9.75. The van der Waals surface area contributed by atoms with E-state index in [1.807, 2.05) is 83.5 Å². The molecule has 1 aliphatic carbocycles. The first-order chi connectivity index (χ1) is 19.1. The van der Waals surface area contributed by atoms with Crippen LogP contribution in [0.3, 0.4) is 0 Å². The summed E-state index contributed by atoms with van der Waals surface area (Å²) in [5, 5.41) is 18.6. The molecule has 0 amide bonds. The number of nitrogens with zero attached hydrogens (tertiary/aromatic N) is 1. The molecule has 0 bridgehead atoms. The van der Waals surface area contributed by atoms with Crippen molar-refractivity contribution in [1.29, 1.82) is 0 Å². The van der Waals surface area contributed by atoms with Gasteiger partial charge in [-0.1, -0.05) is 62.2 Å². The number of aliphatic hydroxyl groups excluding tert-OH is 2. The quantitative estimate of drug-likeness (QED) is 0.183. The monoisotopic (exact) mass is 681 g/mol. The molecular formula is C29H26BBr2F4NO3. The lowest BCUT2D eigenvalue weighted by molar-refractivity contribution is -0.530. The molecule has 2 aromatic rings. The smallest absolute Gasteiger partial charge is 0.457 e. The van der Waals surface area contributed by atoms with Crippen molar-refractivity contribution in [2.75, 3.05) is 26.3 Å². The Hall–Kier alpha value is -2.99. The first-order valence-electron chi connectivity index (χ1n) is 12.2. The zero-order chi connectivity index (χ0) is 29.1. The van der Waals surface area contributed by atoms with Gasteiger partial charge in [0.15, 0.2) is 18.8 Å². The molecule has 0 saturated carbocycles. The summed E-state index contributed by atoms with van der Waals surface area (Å²) in [6, 6.07) is 16.3. The Labute approximate surface area is 247 Å². The number of allylic oxidation sites excluding steroid dienone is 10. The highest BCUT2D eigenvalue weighted by molar-refractivity contribution is 9.10. The Morgan fingerprint density at radius 1 is 0.725 bits per heavy atom. The normalized spacial score (nSPS) is 15.7. The highest BCUT2D eigenvalue weighted by Crippen LogP contribution is 2.33. The summed E-state index contributed by atoms with van der Waals surface area (Å²) in [4.78, 5) is 0. The number of halogens is 6. The maximum atomic E-state index is 9.75. The molecule has 4 rings (SSSR count). The molecule has 2 aromatic carbocycles. The second-order valence-electron chi connectivity index (χ2n) is 8.48. The summed E-state index contributed by atoms with van der Waals surface area (Å²) < 4.78 is 49.3. The van der Waals surface area contributed by atoms with E-state index in [1.54, 1.807) is 0 Å². The van der Waals surface area contributed by atoms with Crippen molar-refractivity contribution < 1.29 is 36.8 Å². The average Bonchev–Trinajstić information content (AvgIpc) is 2.92. The standard InChI is InChI=1S/C29H26Br2NO3.BF4/c30-25-8-4-22(5-9-25)24-19-28(35-29(20-24)23-6-10-26(31)11-7-23)14-3-21-1-12-27(13-2-21)32(15-17-33)16-18-34;2-1(3,4)5/h1-14,19-20,33-34H,15-18H2;/q+1;-1/b28-14+;. The van der Waals surface area contributed by atoms with Crippen molar-refractivity contribution in [2.24, 2.45) is 0 Å². The number of benzene rings is 2. The highest BCUT2D eigenvalue weighted by Gasteiger charge is 2.20. The zero-order valence-corrected chi connectivity index (χ0v) is 24.3. The molecule has 40 heavy (non-hydrogen) atoms. The molecule has 2 N–H and O–H groups in total. The Kier molecular flexibility index (Phi) is 11.9. The van der Waals surface area contributed by atoms with Crippen LogP contribution in [0.25, 0.3) is 11.3 Å². The van der Waals surface area contributed by atoms with Gasteiger partial charge in [-0.15, -0.1) is 0 Å². The number of ether oxygens (including phenoxy) is 1. The second-order valence-corrected chi connectivity index (χ2v) is 10.3. The van der Waals surface area contributed by atoms with Crippen molar-refractivity contribution in [3.63, 3.8) is 0 Å². The molecule has 0 atom stereocenters. The minimum absolute atomic E-state index is 0.0402. The number of hydrogen-bond donors (Lipinski definition) is 2. The van der Waals surface area contributed by atoms with Crippen molar-refractivity contribution in [3.05, 3.63) is 129 Å². The van der Waals surface area contributed by atoms with Gasteiger partial charge in [0, 0.05) is 26.7 Å². The van der Waals surface area contributed by atoms with Gasteiger partial charge in [0.1, 0.15) is 24.7 Å². The molecule has 4 nitrogen and oxygen atoms in total. The van der Waals surface area contributed by atoms with Gasteiger partial charge in [-0.2, -0.15) is 0 Å². The lowest BCUT2D eigenvalue weighted by atomic mass is 10.0. The third-order valence-corrected chi connectivity index (χ3v) is 6.61. The second kappa shape index (κ2) is 15.1. The van der Waals surface area contributed by atoms with Gasteiger partial charge in [-0.3, -0.25) is 0 Å². The zero-order valence-electron chi connectivity index (χ0n) is 21.2. The summed E-state index contributed by atoms with van der Waals surface area (Å²) in [5.41, 5.74) is 5.16. The van der Waals surface area contributed by atoms with E-state index in [2.05, 4.69) is 50.1 Å². The Bertz CT molecular complexity index is 1360. The first kappa shape index (κ1) is 31.5. The summed E-state index contributed by atoms with van der Waals surface area (Å²) in [6.07, 6.45) is 16.1. The Balaban J connectivity index is 0.000000810. The van der Waals surface area contributed by atoms with Crippen LogP contribution in [0.4, 0.5) is 17.3 Å². The molecule has 210 valence electrons. The van der Waals surface area contributed by atoms with E-state index in [-0.39, 0.29) is 13.2 Å². The average molecular weight is 683 g/mol. The third kappa shape index (κ3) is 10.5. The van der Waals surface area contributed by atoms with Crippen LogP contribution in [0.1, 0.15) is 11.1 Å². The minimum atomic E-state index is -6.00. The molecular weight excluding hydrogens is 657 g/mol. The van der Waals surface area contributed by atoms with Crippen molar-refractivity contribution in [2.45, 2.75) is 0 Å². The van der Waals surface area contributed by atoms with Crippen LogP contribution in [0.5, 0.6) is 0 Å². The van der Waals surface area contributed by atoms with Crippen molar-refractivity contribution >= 4 is 56.2 Å². The van der Waals surface area contributed by atoms with Gasteiger partial charge < -0.3 is 32.2 Å². The van der Waals surface area contributed by atoms with Crippen LogP contribution >= 0.6 is 31.9 Å². The van der Waals surface area contributed by atoms with Gasteiger partial charge in [-0.25, -0.2) is 4.58 Å². The van der Waals surface area contributed by atoms with E-state index in [4.69, 9.17) is 4.74 Å². The van der Waals surface area contributed by atoms with Crippen molar-refractivity contribution in [1.82, 2.24) is 0 Å². The van der Waals surface area contributed by atoms with E-state index in [9.17, 15) is 27.5 Å². The fourth-order valence-corrected chi connectivity index (χ4v) is 4.28. The lowest BCUT2D eigenvalue weighted by Crippen LogP contribution is -2.26. The molecule has 0 radical (unpaired) electrons. The largest absolute Gasteiger partial charge is 0.673 e. The summed E-state index contributed by atoms with van der Waals surface area (Å²) in [5.74, 6) is 1.53. The lowest BCUT2D eigenvalue weighted by Gasteiger charge is -2.18. The Morgan fingerprint density at radius 3 is 1.73 bits per heavy atom. The topological polar surface area (TPSA) is 52.7 Å². The van der Waals surface area contributed by atoms with Crippen molar-refractivity contribution in [3.8, 4) is 0 Å². The minimum Gasteiger partial charge on any atom is -0.457 e. The molecule has 0 unspecified atom stereocenters. The molecule has 1 aliphatic heterocycles. The summed E-state index contributed by atoms with van der Waals surface area (Å²) in [7, 11) is -6.00. The van der Waals surface area contributed by atoms with Crippen LogP contribution in [-0.2, 0) is 4.74 Å². The summed E-state index contributed by atoms with van der Waals surface area (Å²) in [6.45, 7) is 1.05. The Morgan fingerprint density at radius 2 is 1.23 bits per heavy atom.